The van der Waals surface area contributed by atoms with E-state index in [0.717, 1.165) is 0 Å². The molecule has 8 nitrogen and oxygen atoms in total. The highest BCUT2D eigenvalue weighted by atomic mass is 35.5. The molecule has 2 aromatic rings. The van der Waals surface area contributed by atoms with Crippen LogP contribution in [0.4, 0.5) is 5.69 Å². The number of carbonyl (C=O) groups excluding carboxylic acids is 1. The SMILES string of the molecule is COc1cc(C(=O)/C=C/c2cc([N+](=O)[O-])ccc2Cl)ccc1OCC(=O)O. The molecule has 0 saturated heterocycles. The van der Waals surface area contributed by atoms with Crippen molar-refractivity contribution in [2.24, 2.45) is 0 Å². The number of carboxylic acids is 1. The second kappa shape index (κ2) is 8.81. The molecule has 0 aromatic heterocycles. The number of non-ortho nitro benzene ring substituents is 1. The smallest absolute Gasteiger partial charge is 0.341 e. The normalized spacial score (nSPS) is 10.6. The molecule has 0 amide bonds. The highest BCUT2D eigenvalue weighted by molar-refractivity contribution is 6.32. The van der Waals surface area contributed by atoms with Crippen molar-refractivity contribution in [3.63, 3.8) is 0 Å². The van der Waals surface area contributed by atoms with E-state index in [9.17, 15) is 19.7 Å². The number of nitro groups is 1. The molecule has 0 fully saturated rings. The number of carbonyl (C=O) groups is 2. The van der Waals surface area contributed by atoms with Gasteiger partial charge in [-0.2, -0.15) is 0 Å². The van der Waals surface area contributed by atoms with Crippen LogP contribution >= 0.6 is 11.6 Å². The lowest BCUT2D eigenvalue weighted by atomic mass is 10.1. The van der Waals surface area contributed by atoms with Crippen LogP contribution in [-0.2, 0) is 4.79 Å². The quantitative estimate of drug-likeness (QED) is 0.316. The largest absolute Gasteiger partial charge is 0.493 e. The van der Waals surface area contributed by atoms with Gasteiger partial charge in [-0.3, -0.25) is 14.9 Å². The molecule has 0 saturated carbocycles. The Hall–Kier alpha value is -3.39. The molecule has 1 N–H and O–H groups in total. The maximum absolute atomic E-state index is 12.3. The summed E-state index contributed by atoms with van der Waals surface area (Å²) in [5.74, 6) is -1.17. The van der Waals surface area contributed by atoms with Gasteiger partial charge < -0.3 is 14.6 Å². The molecule has 0 unspecified atom stereocenters. The van der Waals surface area contributed by atoms with Crippen molar-refractivity contribution in [1.29, 1.82) is 0 Å². The van der Waals surface area contributed by atoms with Gasteiger partial charge in [-0.25, -0.2) is 4.79 Å². The number of carboxylic acid groups (broad SMARTS) is 1. The van der Waals surface area contributed by atoms with Crippen LogP contribution < -0.4 is 9.47 Å². The van der Waals surface area contributed by atoms with Gasteiger partial charge in [-0.15, -0.1) is 0 Å². The van der Waals surface area contributed by atoms with Gasteiger partial charge in [0.2, 0.25) is 0 Å². The Morgan fingerprint density at radius 1 is 1.22 bits per heavy atom. The van der Waals surface area contributed by atoms with Crippen LogP contribution in [-0.4, -0.2) is 35.5 Å². The van der Waals surface area contributed by atoms with Crippen molar-refractivity contribution in [1.82, 2.24) is 0 Å². The van der Waals surface area contributed by atoms with E-state index < -0.39 is 23.3 Å². The van der Waals surface area contributed by atoms with E-state index in [2.05, 4.69) is 0 Å². The summed E-state index contributed by atoms with van der Waals surface area (Å²) in [7, 11) is 1.36. The molecule has 0 atom stereocenters. The maximum atomic E-state index is 12.3. The van der Waals surface area contributed by atoms with E-state index in [1.165, 1.54) is 55.7 Å². The number of nitro benzene ring substituents is 1. The Kier molecular flexibility index (Phi) is 6.51. The van der Waals surface area contributed by atoms with Crippen LogP contribution in [0.2, 0.25) is 5.02 Å². The zero-order chi connectivity index (χ0) is 20.0. The summed E-state index contributed by atoms with van der Waals surface area (Å²) in [4.78, 5) is 33.2. The van der Waals surface area contributed by atoms with Crippen LogP contribution in [0.5, 0.6) is 11.5 Å². The standard InChI is InChI=1S/C18H14ClNO7/c1-26-17-9-12(3-7-16(17)27-10-18(22)23)15(21)6-2-11-8-13(20(24)25)4-5-14(11)19/h2-9H,10H2,1H3,(H,22,23)/b6-2+. The van der Waals surface area contributed by atoms with Crippen molar-refractivity contribution in [3.05, 3.63) is 68.7 Å². The number of hydrogen-bond acceptors (Lipinski definition) is 6. The van der Waals surface area contributed by atoms with Gasteiger partial charge in [0, 0.05) is 22.7 Å². The van der Waals surface area contributed by atoms with Gasteiger partial charge in [0.15, 0.2) is 23.9 Å². The summed E-state index contributed by atoms with van der Waals surface area (Å²) in [6.07, 6.45) is 2.59. The van der Waals surface area contributed by atoms with E-state index in [1.54, 1.807) is 0 Å². The Morgan fingerprint density at radius 2 is 1.96 bits per heavy atom. The van der Waals surface area contributed by atoms with E-state index in [-0.39, 0.29) is 27.8 Å². The van der Waals surface area contributed by atoms with Gasteiger partial charge in [0.1, 0.15) is 0 Å². The molecule has 0 aliphatic carbocycles. The number of aliphatic carboxylic acids is 1. The molecule has 9 heteroatoms. The third kappa shape index (κ3) is 5.29. The van der Waals surface area contributed by atoms with Crippen LogP contribution in [0.3, 0.4) is 0 Å². The van der Waals surface area contributed by atoms with Crippen molar-refractivity contribution in [2.75, 3.05) is 13.7 Å². The fraction of sp³-hybridized carbons (Fsp3) is 0.111. The minimum absolute atomic E-state index is 0.145. The third-order valence-corrected chi connectivity index (χ3v) is 3.75. The molecule has 0 bridgehead atoms. The molecule has 140 valence electrons. The molecule has 0 heterocycles. The summed E-state index contributed by atoms with van der Waals surface area (Å²) in [5, 5.41) is 19.7. The molecule has 2 rings (SSSR count). The molecule has 0 aliphatic rings. The summed E-state index contributed by atoms with van der Waals surface area (Å²) in [5.41, 5.74) is 0.438. The second-order valence-electron chi connectivity index (χ2n) is 5.21. The number of allylic oxidation sites excluding steroid dienone is 1. The highest BCUT2D eigenvalue weighted by Crippen LogP contribution is 2.29. The van der Waals surface area contributed by atoms with Crippen molar-refractivity contribution >= 4 is 35.1 Å². The molecule has 0 spiro atoms. The first-order chi connectivity index (χ1) is 12.8. The minimum atomic E-state index is -1.14. The van der Waals surface area contributed by atoms with Crippen molar-refractivity contribution < 1.29 is 29.1 Å². The second-order valence-corrected chi connectivity index (χ2v) is 5.62. The molecular weight excluding hydrogens is 378 g/mol. The summed E-state index contributed by atoms with van der Waals surface area (Å²) in [6.45, 7) is -0.547. The molecule has 0 radical (unpaired) electrons. The molecule has 27 heavy (non-hydrogen) atoms. The Bertz CT molecular complexity index is 924. The number of halogens is 1. The number of rotatable bonds is 8. The number of methoxy groups -OCH3 is 1. The zero-order valence-electron chi connectivity index (χ0n) is 14.0. The Balaban J connectivity index is 2.23. The molecule has 0 aliphatic heterocycles. The third-order valence-electron chi connectivity index (χ3n) is 3.40. The van der Waals surface area contributed by atoms with Gasteiger partial charge in [-0.1, -0.05) is 11.6 Å². The molecule has 2 aromatic carbocycles. The van der Waals surface area contributed by atoms with E-state index >= 15 is 0 Å². The Labute approximate surface area is 158 Å². The predicted octanol–water partition coefficient (Wildman–Crippen LogP) is 3.62. The van der Waals surface area contributed by atoms with E-state index in [1.807, 2.05) is 0 Å². The van der Waals surface area contributed by atoms with Crippen LogP contribution in [0.1, 0.15) is 15.9 Å². The van der Waals surface area contributed by atoms with Gasteiger partial charge in [-0.05, 0) is 42.0 Å². The lowest BCUT2D eigenvalue weighted by Gasteiger charge is -2.10. The van der Waals surface area contributed by atoms with Crippen LogP contribution in [0, 0.1) is 10.1 Å². The number of nitrogens with zero attached hydrogens (tertiary/aromatic N) is 1. The number of hydrogen-bond donors (Lipinski definition) is 1. The first-order valence-electron chi connectivity index (χ1n) is 7.51. The lowest BCUT2D eigenvalue weighted by Crippen LogP contribution is -2.10. The summed E-state index contributed by atoms with van der Waals surface area (Å²) in [6, 6.07) is 8.17. The first kappa shape index (κ1) is 19.9. The van der Waals surface area contributed by atoms with E-state index in [4.69, 9.17) is 26.2 Å². The molecular formula is C18H14ClNO7. The van der Waals surface area contributed by atoms with Crippen LogP contribution in [0.25, 0.3) is 6.08 Å². The van der Waals surface area contributed by atoms with Crippen molar-refractivity contribution in [2.45, 2.75) is 0 Å². The Morgan fingerprint density at radius 3 is 2.59 bits per heavy atom. The average Bonchev–Trinajstić information content (AvgIpc) is 2.64. The number of benzene rings is 2. The van der Waals surface area contributed by atoms with Gasteiger partial charge in [0.05, 0.1) is 12.0 Å². The predicted molar refractivity (Wildman–Crippen MR) is 97.6 cm³/mol. The topological polar surface area (TPSA) is 116 Å². The fourth-order valence-corrected chi connectivity index (χ4v) is 2.29. The van der Waals surface area contributed by atoms with E-state index in [0.29, 0.717) is 5.56 Å². The summed E-state index contributed by atoms with van der Waals surface area (Å²) < 4.78 is 10.2. The van der Waals surface area contributed by atoms with Crippen molar-refractivity contribution in [3.8, 4) is 11.5 Å². The summed E-state index contributed by atoms with van der Waals surface area (Å²) >= 11 is 5.99. The maximum Gasteiger partial charge on any atom is 0.341 e. The fourth-order valence-electron chi connectivity index (χ4n) is 2.11. The monoisotopic (exact) mass is 391 g/mol. The highest BCUT2D eigenvalue weighted by Gasteiger charge is 2.12. The average molecular weight is 392 g/mol. The van der Waals surface area contributed by atoms with Crippen LogP contribution in [0.15, 0.2) is 42.5 Å². The first-order valence-corrected chi connectivity index (χ1v) is 7.88. The lowest BCUT2D eigenvalue weighted by molar-refractivity contribution is -0.384. The minimum Gasteiger partial charge on any atom is -0.493 e. The number of ether oxygens (including phenoxy) is 2. The zero-order valence-corrected chi connectivity index (χ0v) is 14.8. The van der Waals surface area contributed by atoms with Gasteiger partial charge >= 0.3 is 5.97 Å². The number of ketones is 1. The van der Waals surface area contributed by atoms with Gasteiger partial charge in [0.25, 0.3) is 5.69 Å².